The second kappa shape index (κ2) is 19.2. The Hall–Kier alpha value is -1.14. The van der Waals surface area contributed by atoms with E-state index in [1.54, 1.807) is 13.8 Å². The van der Waals surface area contributed by atoms with Crippen LogP contribution in [0.15, 0.2) is 0 Å². The lowest BCUT2D eigenvalue weighted by atomic mass is 10.1. The number of rotatable bonds is 19. The molecular formula is C22H42O6. The predicted octanol–water partition coefficient (Wildman–Crippen LogP) is 5.52. The van der Waals surface area contributed by atoms with Gasteiger partial charge in [0.05, 0.1) is 13.2 Å². The van der Waals surface area contributed by atoms with Crippen molar-refractivity contribution in [3.05, 3.63) is 0 Å². The van der Waals surface area contributed by atoms with Crippen LogP contribution in [0.3, 0.4) is 0 Å². The molecule has 0 aromatic carbocycles. The minimum atomic E-state index is -0.460. The minimum Gasteiger partial charge on any atom is -0.436 e. The first kappa shape index (κ1) is 26.9. The van der Waals surface area contributed by atoms with E-state index in [9.17, 15) is 9.59 Å². The summed E-state index contributed by atoms with van der Waals surface area (Å²) in [5, 5.41) is 0. The van der Waals surface area contributed by atoms with E-state index in [1.165, 1.54) is 0 Å². The van der Waals surface area contributed by atoms with Crippen LogP contribution in [0, 0.1) is 0 Å². The molecule has 0 saturated carbocycles. The number of hydrogen-bond acceptors (Lipinski definition) is 6. The lowest BCUT2D eigenvalue weighted by molar-refractivity contribution is -0.176. The first-order chi connectivity index (χ1) is 13.5. The number of esters is 2. The topological polar surface area (TPSA) is 71.1 Å². The Morgan fingerprint density at radius 2 is 0.964 bits per heavy atom. The van der Waals surface area contributed by atoms with Crippen molar-refractivity contribution in [1.29, 1.82) is 0 Å². The van der Waals surface area contributed by atoms with Gasteiger partial charge in [-0.25, -0.2) is 0 Å². The van der Waals surface area contributed by atoms with E-state index in [0.717, 1.165) is 64.2 Å². The molecule has 0 aliphatic heterocycles. The Bertz CT molecular complexity index is 349. The minimum absolute atomic E-state index is 0.193. The highest BCUT2D eigenvalue weighted by molar-refractivity contribution is 5.69. The monoisotopic (exact) mass is 402 g/mol. The van der Waals surface area contributed by atoms with Crippen LogP contribution in [0.4, 0.5) is 0 Å². The van der Waals surface area contributed by atoms with E-state index in [0.29, 0.717) is 26.1 Å². The summed E-state index contributed by atoms with van der Waals surface area (Å²) in [5.74, 6) is -0.385. The molecule has 2 unspecified atom stereocenters. The van der Waals surface area contributed by atoms with E-state index < -0.39 is 12.6 Å². The normalized spacial score (nSPS) is 13.1. The highest BCUT2D eigenvalue weighted by atomic mass is 16.7. The van der Waals surface area contributed by atoms with E-state index in [1.807, 2.05) is 0 Å². The van der Waals surface area contributed by atoms with E-state index in [4.69, 9.17) is 18.9 Å². The van der Waals surface area contributed by atoms with Gasteiger partial charge in [0.1, 0.15) is 0 Å². The van der Waals surface area contributed by atoms with Crippen molar-refractivity contribution in [3.8, 4) is 0 Å². The highest BCUT2D eigenvalue weighted by Crippen LogP contribution is 2.11. The summed E-state index contributed by atoms with van der Waals surface area (Å²) < 4.78 is 21.2. The summed E-state index contributed by atoms with van der Waals surface area (Å²) in [5.41, 5.74) is 0. The van der Waals surface area contributed by atoms with Crippen molar-refractivity contribution < 1.29 is 28.5 Å². The standard InChI is InChI=1S/C22H42O6/c1-5-7-17-25-19(3)27-21(23)15-13-11-9-10-12-14-16-22(24)28-20(4)26-18-8-6-2/h19-20H,5-18H2,1-4H3. The summed E-state index contributed by atoms with van der Waals surface area (Å²) in [4.78, 5) is 23.4. The zero-order valence-electron chi connectivity index (χ0n) is 18.5. The van der Waals surface area contributed by atoms with Gasteiger partial charge < -0.3 is 18.9 Å². The molecule has 0 rings (SSSR count). The van der Waals surface area contributed by atoms with Crippen LogP contribution < -0.4 is 0 Å². The molecule has 0 aromatic heterocycles. The van der Waals surface area contributed by atoms with Gasteiger partial charge in [-0.1, -0.05) is 52.4 Å². The van der Waals surface area contributed by atoms with Crippen LogP contribution in [0.5, 0.6) is 0 Å². The third kappa shape index (κ3) is 18.2. The molecule has 0 amide bonds. The summed E-state index contributed by atoms with van der Waals surface area (Å²) in [6.07, 6.45) is 9.79. The quantitative estimate of drug-likeness (QED) is 0.161. The van der Waals surface area contributed by atoms with Gasteiger partial charge in [-0.2, -0.15) is 0 Å². The second-order valence-electron chi connectivity index (χ2n) is 7.18. The SMILES string of the molecule is CCCCOC(C)OC(=O)CCCCCCCCC(=O)OC(C)OCCCC. The van der Waals surface area contributed by atoms with Crippen LogP contribution in [0.25, 0.3) is 0 Å². The molecule has 166 valence electrons. The van der Waals surface area contributed by atoms with Crippen LogP contribution in [0.2, 0.25) is 0 Å². The van der Waals surface area contributed by atoms with Crippen molar-refractivity contribution in [2.45, 2.75) is 117 Å². The molecule has 0 fully saturated rings. The molecule has 0 aliphatic carbocycles. The maximum atomic E-state index is 11.7. The van der Waals surface area contributed by atoms with Crippen LogP contribution >= 0.6 is 0 Å². The van der Waals surface area contributed by atoms with Crippen LogP contribution in [-0.4, -0.2) is 37.7 Å². The highest BCUT2D eigenvalue weighted by Gasteiger charge is 2.10. The maximum absolute atomic E-state index is 11.7. The molecule has 6 nitrogen and oxygen atoms in total. The van der Waals surface area contributed by atoms with Gasteiger partial charge in [-0.15, -0.1) is 0 Å². The third-order valence-electron chi connectivity index (χ3n) is 4.31. The fourth-order valence-corrected chi connectivity index (χ4v) is 2.59. The smallest absolute Gasteiger partial charge is 0.308 e. The van der Waals surface area contributed by atoms with Gasteiger partial charge in [0, 0.05) is 12.8 Å². The Morgan fingerprint density at radius 1 is 0.607 bits per heavy atom. The molecule has 0 bridgehead atoms. The molecule has 2 atom stereocenters. The molecule has 0 N–H and O–H groups in total. The van der Waals surface area contributed by atoms with Gasteiger partial charge in [0.15, 0.2) is 12.6 Å². The molecule has 0 radical (unpaired) electrons. The van der Waals surface area contributed by atoms with Gasteiger partial charge in [-0.05, 0) is 39.5 Å². The van der Waals surface area contributed by atoms with E-state index >= 15 is 0 Å². The molecule has 6 heteroatoms. The number of unbranched alkanes of at least 4 members (excludes halogenated alkanes) is 7. The lowest BCUT2D eigenvalue weighted by Crippen LogP contribution is -2.18. The van der Waals surface area contributed by atoms with Crippen molar-refractivity contribution in [2.75, 3.05) is 13.2 Å². The average molecular weight is 403 g/mol. The van der Waals surface area contributed by atoms with Gasteiger partial charge in [0.2, 0.25) is 0 Å². The first-order valence-corrected chi connectivity index (χ1v) is 11.1. The van der Waals surface area contributed by atoms with Crippen molar-refractivity contribution in [2.24, 2.45) is 0 Å². The Kier molecular flexibility index (Phi) is 18.4. The van der Waals surface area contributed by atoms with Gasteiger partial charge >= 0.3 is 11.9 Å². The first-order valence-electron chi connectivity index (χ1n) is 11.1. The fourth-order valence-electron chi connectivity index (χ4n) is 2.59. The lowest BCUT2D eigenvalue weighted by Gasteiger charge is -2.14. The summed E-state index contributed by atoms with van der Waals surface area (Å²) in [6.45, 7) is 8.97. The number of carbonyl (C=O) groups is 2. The molecule has 28 heavy (non-hydrogen) atoms. The number of hydrogen-bond donors (Lipinski definition) is 0. The molecule has 0 saturated heterocycles. The zero-order chi connectivity index (χ0) is 21.0. The number of carbonyl (C=O) groups excluding carboxylic acids is 2. The summed E-state index contributed by atoms with van der Waals surface area (Å²) in [6, 6.07) is 0. The summed E-state index contributed by atoms with van der Waals surface area (Å²) >= 11 is 0. The Morgan fingerprint density at radius 3 is 1.32 bits per heavy atom. The number of ether oxygens (including phenoxy) is 4. The van der Waals surface area contributed by atoms with Crippen molar-refractivity contribution in [1.82, 2.24) is 0 Å². The molecule has 0 heterocycles. The Labute approximate surface area is 171 Å². The summed E-state index contributed by atoms with van der Waals surface area (Å²) in [7, 11) is 0. The molecule has 0 aromatic rings. The van der Waals surface area contributed by atoms with Gasteiger partial charge in [-0.3, -0.25) is 9.59 Å². The van der Waals surface area contributed by atoms with Crippen molar-refractivity contribution in [3.63, 3.8) is 0 Å². The van der Waals surface area contributed by atoms with E-state index in [-0.39, 0.29) is 11.9 Å². The largest absolute Gasteiger partial charge is 0.436 e. The molecule has 0 spiro atoms. The fraction of sp³-hybridized carbons (Fsp3) is 0.909. The Balaban J connectivity index is 3.47. The van der Waals surface area contributed by atoms with Crippen LogP contribution in [0.1, 0.15) is 105 Å². The maximum Gasteiger partial charge on any atom is 0.308 e. The predicted molar refractivity (Wildman–Crippen MR) is 110 cm³/mol. The van der Waals surface area contributed by atoms with E-state index in [2.05, 4.69) is 13.8 Å². The second-order valence-corrected chi connectivity index (χ2v) is 7.18. The van der Waals surface area contributed by atoms with Crippen LogP contribution in [-0.2, 0) is 28.5 Å². The third-order valence-corrected chi connectivity index (χ3v) is 4.31. The molecular weight excluding hydrogens is 360 g/mol. The molecule has 0 aliphatic rings. The zero-order valence-corrected chi connectivity index (χ0v) is 18.5. The average Bonchev–Trinajstić information content (AvgIpc) is 2.64. The van der Waals surface area contributed by atoms with Gasteiger partial charge in [0.25, 0.3) is 0 Å². The van der Waals surface area contributed by atoms with Crippen molar-refractivity contribution >= 4 is 11.9 Å².